The topological polar surface area (TPSA) is 128 Å². The Bertz CT molecular complexity index is 1040. The predicted molar refractivity (Wildman–Crippen MR) is 140 cm³/mol. The van der Waals surface area contributed by atoms with Gasteiger partial charge in [0.15, 0.2) is 11.4 Å². The molecule has 0 aliphatic carbocycles. The average Bonchev–Trinajstić information content (AvgIpc) is 3.71. The largest absolute Gasteiger partial charge is 0.394 e. The molecule has 0 bridgehead atoms. The number of nitrogens with one attached hydrogen (secondary N) is 2. The Balaban J connectivity index is 1.61. The third-order valence-corrected chi connectivity index (χ3v) is 6.26. The summed E-state index contributed by atoms with van der Waals surface area (Å²) in [4.78, 5) is 38.3. The Labute approximate surface area is 217 Å². The van der Waals surface area contributed by atoms with Gasteiger partial charge in [-0.3, -0.25) is 14.4 Å². The maximum atomic E-state index is 12.8. The van der Waals surface area contributed by atoms with Crippen molar-refractivity contribution in [1.82, 2.24) is 10.6 Å². The maximum absolute atomic E-state index is 12.8. The normalized spacial score (nSPS) is 18.0. The zero-order valence-electron chi connectivity index (χ0n) is 21.4. The first-order chi connectivity index (χ1) is 17.8. The van der Waals surface area contributed by atoms with Crippen LogP contribution in [0, 0.1) is 5.92 Å². The summed E-state index contributed by atoms with van der Waals surface area (Å²) in [5.74, 6) is -1.37. The number of amides is 2. The van der Waals surface area contributed by atoms with Gasteiger partial charge >= 0.3 is 0 Å². The summed E-state index contributed by atoms with van der Waals surface area (Å²) in [5.41, 5.74) is 1.79. The van der Waals surface area contributed by atoms with Gasteiger partial charge < -0.3 is 25.6 Å². The first-order valence-corrected chi connectivity index (χ1v) is 12.6. The van der Waals surface area contributed by atoms with E-state index in [1.54, 1.807) is 0 Å². The Kier molecular flexibility index (Phi) is 10.1. The van der Waals surface area contributed by atoms with Gasteiger partial charge in [0.25, 0.3) is 0 Å². The van der Waals surface area contributed by atoms with Crippen LogP contribution >= 0.6 is 0 Å². The molecule has 2 aromatic rings. The Morgan fingerprint density at radius 1 is 0.946 bits per heavy atom. The van der Waals surface area contributed by atoms with Crippen LogP contribution in [0.4, 0.5) is 0 Å². The quantitative estimate of drug-likeness (QED) is 0.290. The van der Waals surface area contributed by atoms with Crippen LogP contribution in [0.25, 0.3) is 5.57 Å². The average molecular weight is 509 g/mol. The number of aliphatic hydroxyl groups is 2. The van der Waals surface area contributed by atoms with Crippen LogP contribution in [0.15, 0.2) is 66.7 Å². The lowest BCUT2D eigenvalue weighted by atomic mass is 9.92. The van der Waals surface area contributed by atoms with E-state index >= 15 is 0 Å². The van der Waals surface area contributed by atoms with Gasteiger partial charge in [-0.1, -0.05) is 80.6 Å². The minimum atomic E-state index is -1.27. The van der Waals surface area contributed by atoms with Gasteiger partial charge in [0.1, 0.15) is 6.04 Å². The number of Topliss-reactive ketones (excluding diaryl/α,β-unsaturated/α-hetero) is 1. The van der Waals surface area contributed by atoms with Crippen molar-refractivity contribution in [3.05, 3.63) is 77.9 Å². The molecule has 1 aliphatic heterocycles. The van der Waals surface area contributed by atoms with Gasteiger partial charge in [-0.15, -0.1) is 0 Å². The van der Waals surface area contributed by atoms with E-state index in [9.17, 15) is 24.6 Å². The molecule has 3 rings (SSSR count). The molecule has 1 saturated heterocycles. The first kappa shape index (κ1) is 28.2. The van der Waals surface area contributed by atoms with E-state index in [0.29, 0.717) is 12.8 Å². The summed E-state index contributed by atoms with van der Waals surface area (Å²) in [6, 6.07) is 17.7. The van der Waals surface area contributed by atoms with E-state index in [0.717, 1.165) is 16.7 Å². The van der Waals surface area contributed by atoms with Gasteiger partial charge in [-0.2, -0.15) is 0 Å². The Morgan fingerprint density at radius 3 is 1.97 bits per heavy atom. The second-order valence-electron chi connectivity index (χ2n) is 9.69. The number of benzene rings is 2. The number of rotatable bonds is 14. The van der Waals surface area contributed by atoms with Gasteiger partial charge in [0.2, 0.25) is 11.8 Å². The molecule has 2 unspecified atom stereocenters. The number of carbonyl (C=O) groups excluding carboxylic acids is 3. The zero-order chi connectivity index (χ0) is 26.8. The molecule has 1 heterocycles. The molecule has 37 heavy (non-hydrogen) atoms. The molecule has 2 aromatic carbocycles. The van der Waals surface area contributed by atoms with Gasteiger partial charge in [-0.25, -0.2) is 0 Å². The standard InChI is InChI=1S/C29H36N2O6/c1-20(2)16-24(27(35)29(18-33)19-37-29)31-28(36)25(17-32)30-26(34)15-9-14-23(21-10-5-3-6-11-21)22-12-7-4-8-13-22/h3-8,10-14,20,24-25,32-33H,9,15-19H2,1-2H3,(H,30,34)(H,31,36)/t24?,25-,29?/m0/s1. The van der Waals surface area contributed by atoms with Crippen molar-refractivity contribution in [2.75, 3.05) is 19.8 Å². The molecule has 198 valence electrons. The van der Waals surface area contributed by atoms with Crippen LogP contribution in [0.3, 0.4) is 0 Å². The van der Waals surface area contributed by atoms with Crippen molar-refractivity contribution in [2.45, 2.75) is 50.8 Å². The summed E-state index contributed by atoms with van der Waals surface area (Å²) in [5, 5.41) is 24.5. The molecule has 1 fully saturated rings. The summed E-state index contributed by atoms with van der Waals surface area (Å²) >= 11 is 0. The molecule has 8 nitrogen and oxygen atoms in total. The molecule has 0 spiro atoms. The summed E-state index contributed by atoms with van der Waals surface area (Å²) in [6.07, 6.45) is 2.87. The van der Waals surface area contributed by atoms with E-state index in [1.165, 1.54) is 0 Å². The van der Waals surface area contributed by atoms with Crippen LogP contribution in [-0.4, -0.2) is 65.3 Å². The lowest BCUT2D eigenvalue weighted by molar-refractivity contribution is -0.134. The fourth-order valence-electron chi connectivity index (χ4n) is 4.14. The van der Waals surface area contributed by atoms with E-state index < -0.39 is 48.5 Å². The zero-order valence-corrected chi connectivity index (χ0v) is 21.4. The molecule has 2 amide bonds. The molecular weight excluding hydrogens is 472 g/mol. The van der Waals surface area contributed by atoms with E-state index in [-0.39, 0.29) is 18.9 Å². The van der Waals surface area contributed by atoms with Gasteiger partial charge in [0, 0.05) is 6.42 Å². The minimum absolute atomic E-state index is 0.0844. The molecule has 0 radical (unpaired) electrons. The third-order valence-electron chi connectivity index (χ3n) is 6.26. The van der Waals surface area contributed by atoms with Crippen LogP contribution < -0.4 is 10.6 Å². The number of ketones is 1. The summed E-state index contributed by atoms with van der Waals surface area (Å²) in [6.45, 7) is 2.84. The highest BCUT2D eigenvalue weighted by molar-refractivity contribution is 5.98. The monoisotopic (exact) mass is 508 g/mol. The molecule has 0 saturated carbocycles. The van der Waals surface area contributed by atoms with Crippen molar-refractivity contribution in [3.8, 4) is 0 Å². The predicted octanol–water partition coefficient (Wildman–Crippen LogP) is 2.24. The summed E-state index contributed by atoms with van der Waals surface area (Å²) in [7, 11) is 0. The Morgan fingerprint density at radius 2 is 1.51 bits per heavy atom. The lowest BCUT2D eigenvalue weighted by Gasteiger charge is -2.24. The second kappa shape index (κ2) is 13.3. The van der Waals surface area contributed by atoms with Crippen molar-refractivity contribution in [3.63, 3.8) is 0 Å². The van der Waals surface area contributed by atoms with Crippen molar-refractivity contribution in [1.29, 1.82) is 0 Å². The fraction of sp³-hybridized carbons (Fsp3) is 0.414. The molecule has 3 atom stereocenters. The van der Waals surface area contributed by atoms with E-state index in [1.807, 2.05) is 80.6 Å². The minimum Gasteiger partial charge on any atom is -0.394 e. The number of hydrogen-bond acceptors (Lipinski definition) is 6. The number of aliphatic hydroxyl groups excluding tert-OH is 2. The van der Waals surface area contributed by atoms with E-state index in [4.69, 9.17) is 4.74 Å². The highest BCUT2D eigenvalue weighted by Gasteiger charge is 2.54. The maximum Gasteiger partial charge on any atom is 0.245 e. The van der Waals surface area contributed by atoms with Gasteiger partial charge in [-0.05, 0) is 35.5 Å². The molecule has 1 aliphatic rings. The van der Waals surface area contributed by atoms with Gasteiger partial charge in [0.05, 0.1) is 25.9 Å². The molecule has 4 N–H and O–H groups in total. The Hall–Kier alpha value is -3.33. The number of carbonyl (C=O) groups is 3. The number of epoxide rings is 1. The van der Waals surface area contributed by atoms with Crippen LogP contribution in [-0.2, 0) is 19.1 Å². The smallest absolute Gasteiger partial charge is 0.245 e. The SMILES string of the molecule is CC(C)CC(NC(=O)[C@H](CO)NC(=O)CCC=C(c1ccccc1)c1ccccc1)C(=O)C1(CO)CO1. The highest BCUT2D eigenvalue weighted by atomic mass is 16.6. The third kappa shape index (κ3) is 7.82. The fourth-order valence-corrected chi connectivity index (χ4v) is 4.14. The number of hydrogen-bond donors (Lipinski definition) is 4. The molecule has 0 aromatic heterocycles. The second-order valence-corrected chi connectivity index (χ2v) is 9.69. The summed E-state index contributed by atoms with van der Waals surface area (Å²) < 4.78 is 5.15. The van der Waals surface area contributed by atoms with Crippen molar-refractivity contribution < 1.29 is 29.3 Å². The van der Waals surface area contributed by atoms with E-state index in [2.05, 4.69) is 10.6 Å². The van der Waals surface area contributed by atoms with Crippen LogP contribution in [0.5, 0.6) is 0 Å². The first-order valence-electron chi connectivity index (χ1n) is 12.6. The highest BCUT2D eigenvalue weighted by Crippen LogP contribution is 2.30. The molecule has 8 heteroatoms. The number of ether oxygens (including phenoxy) is 1. The van der Waals surface area contributed by atoms with Crippen molar-refractivity contribution in [2.24, 2.45) is 5.92 Å². The van der Waals surface area contributed by atoms with Crippen molar-refractivity contribution >= 4 is 23.2 Å². The molecular formula is C29H36N2O6. The lowest BCUT2D eigenvalue weighted by Crippen LogP contribution is -2.55. The van der Waals surface area contributed by atoms with Crippen LogP contribution in [0.1, 0.15) is 44.2 Å². The number of allylic oxidation sites excluding steroid dienone is 1. The van der Waals surface area contributed by atoms with Crippen LogP contribution in [0.2, 0.25) is 0 Å².